The molecule has 3 aromatic rings. The van der Waals surface area contributed by atoms with Crippen LogP contribution in [-0.2, 0) is 13.1 Å². The molecular formula is C23H26FIN6. The minimum absolute atomic E-state index is 0. The Labute approximate surface area is 199 Å². The Morgan fingerprint density at radius 2 is 1.90 bits per heavy atom. The molecule has 0 aliphatic carbocycles. The predicted octanol–water partition coefficient (Wildman–Crippen LogP) is 4.37. The lowest BCUT2D eigenvalue weighted by molar-refractivity contribution is 0.604. The molecule has 0 spiro atoms. The molecule has 3 rings (SSSR count). The van der Waals surface area contributed by atoms with E-state index in [1.54, 1.807) is 12.1 Å². The Morgan fingerprint density at radius 1 is 1.13 bits per heavy atom. The van der Waals surface area contributed by atoms with Gasteiger partial charge in [-0.2, -0.15) is 10.4 Å². The minimum atomic E-state index is -0.410. The van der Waals surface area contributed by atoms with Crippen molar-refractivity contribution in [1.82, 2.24) is 20.4 Å². The standard InChI is InChI=1S/C23H25FN6.HI/c1-4-26-23(27-14-19-10-9-18(13-25)12-21(19)24)28-15-20-7-5-6-8-22(20)30-17(3)11-16(2)29-30;/h5-12H,4,14-15H2,1-3H3,(H2,26,27,28);1H. The van der Waals surface area contributed by atoms with Gasteiger partial charge in [0.15, 0.2) is 5.96 Å². The minimum Gasteiger partial charge on any atom is -0.357 e. The van der Waals surface area contributed by atoms with Gasteiger partial charge in [-0.15, -0.1) is 24.0 Å². The molecule has 1 aromatic heterocycles. The molecule has 162 valence electrons. The molecule has 0 aliphatic rings. The largest absolute Gasteiger partial charge is 0.357 e. The summed E-state index contributed by atoms with van der Waals surface area (Å²) in [7, 11) is 0. The molecule has 0 saturated carbocycles. The van der Waals surface area contributed by atoms with Gasteiger partial charge in [0.05, 0.1) is 29.6 Å². The number of nitrogens with zero attached hydrogens (tertiary/aromatic N) is 4. The predicted molar refractivity (Wildman–Crippen MR) is 131 cm³/mol. The Kier molecular flexibility index (Phi) is 9.00. The number of halogens is 2. The topological polar surface area (TPSA) is 78.0 Å². The molecule has 0 atom stereocenters. The van der Waals surface area contributed by atoms with E-state index in [2.05, 4.69) is 20.7 Å². The number of para-hydroxylation sites is 1. The first kappa shape index (κ1) is 24.3. The fourth-order valence-corrected chi connectivity index (χ4v) is 3.17. The van der Waals surface area contributed by atoms with E-state index in [1.807, 2.05) is 61.9 Å². The zero-order valence-corrected chi connectivity index (χ0v) is 20.1. The van der Waals surface area contributed by atoms with Crippen molar-refractivity contribution in [3.63, 3.8) is 0 Å². The molecule has 0 aliphatic heterocycles. The maximum Gasteiger partial charge on any atom is 0.191 e. The van der Waals surface area contributed by atoms with Crippen LogP contribution in [0.3, 0.4) is 0 Å². The van der Waals surface area contributed by atoms with Crippen LogP contribution in [-0.4, -0.2) is 22.3 Å². The van der Waals surface area contributed by atoms with Crippen LogP contribution in [0.2, 0.25) is 0 Å². The van der Waals surface area contributed by atoms with Crippen LogP contribution in [0.5, 0.6) is 0 Å². The van der Waals surface area contributed by atoms with Crippen molar-refractivity contribution >= 4 is 29.9 Å². The van der Waals surface area contributed by atoms with Crippen LogP contribution in [0.1, 0.15) is 35.0 Å². The fraction of sp³-hybridized carbons (Fsp3) is 0.261. The van der Waals surface area contributed by atoms with Gasteiger partial charge in [0, 0.05) is 24.3 Å². The molecule has 0 radical (unpaired) electrons. The number of guanidine groups is 1. The molecule has 8 heteroatoms. The average Bonchev–Trinajstić information content (AvgIpc) is 3.08. The molecule has 0 bridgehead atoms. The second-order valence-electron chi connectivity index (χ2n) is 6.93. The van der Waals surface area contributed by atoms with Crippen LogP contribution in [0.25, 0.3) is 5.69 Å². The molecule has 0 saturated heterocycles. The van der Waals surface area contributed by atoms with Gasteiger partial charge in [-0.05, 0) is 50.6 Å². The van der Waals surface area contributed by atoms with Crippen molar-refractivity contribution in [3.8, 4) is 11.8 Å². The lowest BCUT2D eigenvalue weighted by Crippen LogP contribution is -2.37. The zero-order valence-electron chi connectivity index (χ0n) is 17.8. The summed E-state index contributed by atoms with van der Waals surface area (Å²) in [5, 5.41) is 19.8. The second-order valence-corrected chi connectivity index (χ2v) is 6.93. The Bertz CT molecular complexity index is 1100. The number of nitrogens with one attached hydrogen (secondary N) is 2. The number of hydrogen-bond donors (Lipinski definition) is 2. The molecule has 2 N–H and O–H groups in total. The number of aryl methyl sites for hydroxylation is 2. The summed E-state index contributed by atoms with van der Waals surface area (Å²) in [6, 6.07) is 16.5. The normalized spacial score (nSPS) is 10.9. The zero-order chi connectivity index (χ0) is 21.5. The van der Waals surface area contributed by atoms with Gasteiger partial charge in [-0.1, -0.05) is 24.3 Å². The number of aliphatic imine (C=N–C) groups is 1. The van der Waals surface area contributed by atoms with Crippen molar-refractivity contribution in [1.29, 1.82) is 5.26 Å². The first-order valence-electron chi connectivity index (χ1n) is 9.84. The summed E-state index contributed by atoms with van der Waals surface area (Å²) in [5.74, 6) is 0.178. The Balaban J connectivity index is 0.00000341. The molecular weight excluding hydrogens is 506 g/mol. The van der Waals surface area contributed by atoms with Crippen LogP contribution >= 0.6 is 24.0 Å². The number of nitriles is 1. The van der Waals surface area contributed by atoms with Gasteiger partial charge in [-0.3, -0.25) is 0 Å². The highest BCUT2D eigenvalue weighted by Crippen LogP contribution is 2.18. The van der Waals surface area contributed by atoms with Crippen LogP contribution in [0.4, 0.5) is 4.39 Å². The van der Waals surface area contributed by atoms with E-state index >= 15 is 0 Å². The average molecular weight is 532 g/mol. The quantitative estimate of drug-likeness (QED) is 0.281. The van der Waals surface area contributed by atoms with Crippen LogP contribution < -0.4 is 10.6 Å². The molecule has 0 amide bonds. The summed E-state index contributed by atoms with van der Waals surface area (Å²) >= 11 is 0. The maximum absolute atomic E-state index is 14.1. The van der Waals surface area contributed by atoms with Gasteiger partial charge >= 0.3 is 0 Å². The van der Waals surface area contributed by atoms with Crippen LogP contribution in [0.15, 0.2) is 53.5 Å². The second kappa shape index (κ2) is 11.5. The van der Waals surface area contributed by atoms with Gasteiger partial charge in [-0.25, -0.2) is 14.1 Å². The molecule has 6 nitrogen and oxygen atoms in total. The van der Waals surface area contributed by atoms with Crippen molar-refractivity contribution in [2.45, 2.75) is 33.9 Å². The first-order valence-corrected chi connectivity index (χ1v) is 9.84. The summed E-state index contributed by atoms with van der Waals surface area (Å²) in [6.45, 7) is 7.36. The number of benzene rings is 2. The SMILES string of the molecule is CCNC(=NCc1ccccc1-n1nc(C)cc1C)NCc1ccc(C#N)cc1F.I. The van der Waals surface area contributed by atoms with Gasteiger partial charge in [0.1, 0.15) is 5.82 Å². The molecule has 1 heterocycles. The van der Waals surface area contributed by atoms with Crippen molar-refractivity contribution < 1.29 is 4.39 Å². The van der Waals surface area contributed by atoms with E-state index in [0.717, 1.165) is 22.6 Å². The number of aromatic nitrogens is 2. The highest BCUT2D eigenvalue weighted by Gasteiger charge is 2.09. The highest BCUT2D eigenvalue weighted by atomic mass is 127. The molecule has 2 aromatic carbocycles. The van der Waals surface area contributed by atoms with E-state index < -0.39 is 5.82 Å². The lowest BCUT2D eigenvalue weighted by Gasteiger charge is -2.13. The summed E-state index contributed by atoms with van der Waals surface area (Å²) in [6.07, 6.45) is 0. The van der Waals surface area contributed by atoms with Gasteiger partial charge in [0.25, 0.3) is 0 Å². The number of hydrogen-bond acceptors (Lipinski definition) is 3. The molecule has 31 heavy (non-hydrogen) atoms. The van der Waals surface area contributed by atoms with E-state index in [4.69, 9.17) is 5.26 Å². The van der Waals surface area contributed by atoms with E-state index in [9.17, 15) is 4.39 Å². The Morgan fingerprint density at radius 3 is 2.55 bits per heavy atom. The third-order valence-electron chi connectivity index (χ3n) is 4.61. The molecule has 0 fully saturated rings. The highest BCUT2D eigenvalue weighted by molar-refractivity contribution is 14.0. The molecule has 0 unspecified atom stereocenters. The van der Waals surface area contributed by atoms with Crippen molar-refractivity contribution in [2.24, 2.45) is 4.99 Å². The fourth-order valence-electron chi connectivity index (χ4n) is 3.17. The Hall–Kier alpha value is -2.93. The van der Waals surface area contributed by atoms with E-state index in [-0.39, 0.29) is 30.5 Å². The summed E-state index contributed by atoms with van der Waals surface area (Å²) in [5.41, 5.74) is 4.82. The third-order valence-corrected chi connectivity index (χ3v) is 4.61. The van der Waals surface area contributed by atoms with E-state index in [1.165, 1.54) is 6.07 Å². The third kappa shape index (κ3) is 6.28. The smallest absolute Gasteiger partial charge is 0.191 e. The number of rotatable bonds is 6. The van der Waals surface area contributed by atoms with Crippen molar-refractivity contribution in [3.05, 3.63) is 82.4 Å². The van der Waals surface area contributed by atoms with Crippen molar-refractivity contribution in [2.75, 3.05) is 6.54 Å². The van der Waals surface area contributed by atoms with Crippen LogP contribution in [0, 0.1) is 31.0 Å². The van der Waals surface area contributed by atoms with E-state index in [0.29, 0.717) is 30.2 Å². The van der Waals surface area contributed by atoms with Gasteiger partial charge in [0.2, 0.25) is 0 Å². The lowest BCUT2D eigenvalue weighted by atomic mass is 10.1. The maximum atomic E-state index is 14.1. The summed E-state index contributed by atoms with van der Waals surface area (Å²) in [4.78, 5) is 4.66. The first-order chi connectivity index (χ1) is 14.5. The van der Waals surface area contributed by atoms with Gasteiger partial charge < -0.3 is 10.6 Å². The summed E-state index contributed by atoms with van der Waals surface area (Å²) < 4.78 is 16.1. The monoisotopic (exact) mass is 532 g/mol.